The van der Waals surface area contributed by atoms with Gasteiger partial charge in [0.1, 0.15) is 10.7 Å². The highest BCUT2D eigenvalue weighted by Crippen LogP contribution is 2.32. The zero-order valence-corrected chi connectivity index (χ0v) is 13.7. The number of aryl methyl sites for hydroxylation is 2. The number of nitrogens with two attached hydrogens (primary N) is 1. The zero-order chi connectivity index (χ0) is 16.6. The molecule has 2 aromatic rings. The molecule has 0 fully saturated rings. The fraction of sp³-hybridized carbons (Fsp3) is 0.294. The van der Waals surface area contributed by atoms with Crippen LogP contribution in [0.2, 0.25) is 0 Å². The third-order valence-electron chi connectivity index (χ3n) is 4.15. The second kappa shape index (κ2) is 5.94. The van der Waals surface area contributed by atoms with Crippen molar-refractivity contribution in [1.29, 1.82) is 0 Å². The molecule has 0 spiro atoms. The Labute approximate surface area is 135 Å². The van der Waals surface area contributed by atoms with E-state index >= 15 is 0 Å². The largest absolute Gasteiger partial charge is 0.399 e. The molecule has 1 atom stereocenters. The maximum absolute atomic E-state index is 13.9. The first-order valence-electron chi connectivity index (χ1n) is 7.53. The van der Waals surface area contributed by atoms with Gasteiger partial charge in [-0.25, -0.2) is 17.5 Å². The van der Waals surface area contributed by atoms with Gasteiger partial charge >= 0.3 is 0 Å². The van der Waals surface area contributed by atoms with Crippen LogP contribution in [0, 0.1) is 12.7 Å². The van der Waals surface area contributed by atoms with Crippen molar-refractivity contribution in [1.82, 2.24) is 4.72 Å². The summed E-state index contributed by atoms with van der Waals surface area (Å²) < 4.78 is 41.7. The first-order chi connectivity index (χ1) is 10.9. The van der Waals surface area contributed by atoms with Crippen molar-refractivity contribution in [2.45, 2.75) is 37.1 Å². The highest BCUT2D eigenvalue weighted by atomic mass is 32.2. The third-order valence-corrected chi connectivity index (χ3v) is 5.64. The Balaban J connectivity index is 1.95. The van der Waals surface area contributed by atoms with Gasteiger partial charge in [-0.3, -0.25) is 0 Å². The predicted molar refractivity (Wildman–Crippen MR) is 88.0 cm³/mol. The first-order valence-corrected chi connectivity index (χ1v) is 9.02. The van der Waals surface area contributed by atoms with Crippen molar-refractivity contribution in [2.75, 3.05) is 5.73 Å². The Morgan fingerprint density at radius 3 is 2.78 bits per heavy atom. The number of halogens is 1. The number of sulfonamides is 1. The zero-order valence-electron chi connectivity index (χ0n) is 12.8. The molecule has 0 amide bonds. The summed E-state index contributed by atoms with van der Waals surface area (Å²) in [5.74, 6) is -0.739. The molecule has 23 heavy (non-hydrogen) atoms. The van der Waals surface area contributed by atoms with Gasteiger partial charge in [0.25, 0.3) is 0 Å². The minimum absolute atomic E-state index is 0.305. The highest BCUT2D eigenvalue weighted by Gasteiger charge is 2.27. The minimum atomic E-state index is -3.92. The minimum Gasteiger partial charge on any atom is -0.399 e. The molecule has 0 bridgehead atoms. The maximum Gasteiger partial charge on any atom is 0.244 e. The number of hydrogen-bond acceptors (Lipinski definition) is 3. The summed E-state index contributed by atoms with van der Waals surface area (Å²) in [4.78, 5) is -0.305. The van der Waals surface area contributed by atoms with Gasteiger partial charge in [0.15, 0.2) is 0 Å². The molecule has 0 saturated carbocycles. The molecule has 3 N–H and O–H groups in total. The Morgan fingerprint density at radius 1 is 1.22 bits per heavy atom. The first kappa shape index (κ1) is 16.0. The Hall–Kier alpha value is -1.92. The van der Waals surface area contributed by atoms with E-state index in [9.17, 15) is 12.8 Å². The molecule has 0 aliphatic heterocycles. The van der Waals surface area contributed by atoms with E-state index in [-0.39, 0.29) is 10.9 Å². The maximum atomic E-state index is 13.9. The summed E-state index contributed by atoms with van der Waals surface area (Å²) in [5.41, 5.74) is 9.12. The Morgan fingerprint density at radius 2 is 2.00 bits per heavy atom. The average molecular weight is 334 g/mol. The van der Waals surface area contributed by atoms with Gasteiger partial charge in [-0.05, 0) is 67.1 Å². The lowest BCUT2D eigenvalue weighted by Crippen LogP contribution is -2.31. The van der Waals surface area contributed by atoms with Crippen molar-refractivity contribution in [3.63, 3.8) is 0 Å². The van der Waals surface area contributed by atoms with E-state index in [1.807, 2.05) is 12.1 Å². The molecule has 4 nitrogen and oxygen atoms in total. The molecule has 1 aliphatic carbocycles. The van der Waals surface area contributed by atoms with Gasteiger partial charge in [0.2, 0.25) is 10.0 Å². The van der Waals surface area contributed by atoms with E-state index in [0.717, 1.165) is 24.0 Å². The molecule has 1 unspecified atom stereocenters. The monoisotopic (exact) mass is 334 g/mol. The third kappa shape index (κ3) is 3.23. The summed E-state index contributed by atoms with van der Waals surface area (Å²) >= 11 is 0. The van der Waals surface area contributed by atoms with E-state index in [1.165, 1.54) is 12.1 Å². The van der Waals surface area contributed by atoms with Crippen molar-refractivity contribution < 1.29 is 12.8 Å². The van der Waals surface area contributed by atoms with Crippen LogP contribution in [0.1, 0.15) is 35.6 Å². The number of fused-ring (bicyclic) bond motifs is 1. The molecule has 122 valence electrons. The molecule has 0 aromatic heterocycles. The van der Waals surface area contributed by atoms with Crippen LogP contribution in [-0.4, -0.2) is 8.42 Å². The van der Waals surface area contributed by atoms with Crippen LogP contribution in [0.5, 0.6) is 0 Å². The van der Waals surface area contributed by atoms with Crippen molar-refractivity contribution in [2.24, 2.45) is 0 Å². The number of nitrogen functional groups attached to an aromatic ring is 1. The molecular weight excluding hydrogens is 315 g/mol. The fourth-order valence-electron chi connectivity index (χ4n) is 3.02. The van der Waals surface area contributed by atoms with Crippen LogP contribution >= 0.6 is 0 Å². The topological polar surface area (TPSA) is 72.2 Å². The second-order valence-corrected chi connectivity index (χ2v) is 7.64. The van der Waals surface area contributed by atoms with Crippen LogP contribution in [0.25, 0.3) is 0 Å². The van der Waals surface area contributed by atoms with Crippen LogP contribution in [0.4, 0.5) is 10.1 Å². The molecule has 6 heteroatoms. The quantitative estimate of drug-likeness (QED) is 0.847. The van der Waals surface area contributed by atoms with Crippen LogP contribution in [-0.2, 0) is 16.4 Å². The molecular formula is C17H19FN2O2S. The van der Waals surface area contributed by atoms with Gasteiger partial charge in [0, 0.05) is 11.7 Å². The van der Waals surface area contributed by atoms with Gasteiger partial charge in [-0.1, -0.05) is 12.1 Å². The number of hydrogen-bond donors (Lipinski definition) is 2. The number of rotatable bonds is 3. The number of nitrogens with one attached hydrogen (secondary N) is 1. The Bertz CT molecular complexity index is 850. The van der Waals surface area contributed by atoms with Crippen LogP contribution < -0.4 is 10.5 Å². The Kier molecular flexibility index (Phi) is 4.12. The lowest BCUT2D eigenvalue weighted by Gasteiger charge is -2.26. The van der Waals surface area contributed by atoms with Crippen LogP contribution in [0.3, 0.4) is 0 Å². The molecule has 2 aromatic carbocycles. The predicted octanol–water partition coefficient (Wildman–Crippen LogP) is 3.07. The van der Waals surface area contributed by atoms with Crippen molar-refractivity contribution in [3.8, 4) is 0 Å². The normalized spacial score (nSPS) is 17.7. The summed E-state index contributed by atoms with van der Waals surface area (Å²) in [5, 5.41) is 0. The highest BCUT2D eigenvalue weighted by molar-refractivity contribution is 7.89. The molecule has 3 rings (SSSR count). The standard InChI is InChI=1S/C17H19FN2O2S/c1-11-5-8-15(18)17(9-11)23(21,22)20-16-4-2-3-12-10-13(19)6-7-14(12)16/h5-10,16,20H,2-4,19H2,1H3. The lowest BCUT2D eigenvalue weighted by molar-refractivity contribution is 0.501. The van der Waals surface area contributed by atoms with Crippen molar-refractivity contribution in [3.05, 3.63) is 58.9 Å². The van der Waals surface area contributed by atoms with E-state index in [4.69, 9.17) is 5.73 Å². The molecule has 0 saturated heterocycles. The SMILES string of the molecule is Cc1ccc(F)c(S(=O)(=O)NC2CCCc3cc(N)ccc32)c1. The summed E-state index contributed by atoms with van der Waals surface area (Å²) in [6.45, 7) is 1.73. The van der Waals surface area contributed by atoms with E-state index in [2.05, 4.69) is 4.72 Å². The van der Waals surface area contributed by atoms with Gasteiger partial charge in [-0.2, -0.15) is 0 Å². The van der Waals surface area contributed by atoms with E-state index < -0.39 is 15.8 Å². The van der Waals surface area contributed by atoms with Crippen molar-refractivity contribution >= 4 is 15.7 Å². The van der Waals surface area contributed by atoms with Gasteiger partial charge in [-0.15, -0.1) is 0 Å². The molecule has 1 aliphatic rings. The van der Waals surface area contributed by atoms with E-state index in [1.54, 1.807) is 19.1 Å². The summed E-state index contributed by atoms with van der Waals surface area (Å²) in [6, 6.07) is 9.21. The number of benzene rings is 2. The molecule has 0 heterocycles. The van der Waals surface area contributed by atoms with E-state index in [0.29, 0.717) is 17.7 Å². The fourth-order valence-corrected chi connectivity index (χ4v) is 4.44. The van der Waals surface area contributed by atoms with Gasteiger partial charge in [0.05, 0.1) is 0 Å². The average Bonchev–Trinajstić information content (AvgIpc) is 2.49. The van der Waals surface area contributed by atoms with Crippen LogP contribution in [0.15, 0.2) is 41.3 Å². The smallest absolute Gasteiger partial charge is 0.244 e. The van der Waals surface area contributed by atoms with Gasteiger partial charge < -0.3 is 5.73 Å². The summed E-state index contributed by atoms with van der Waals surface area (Å²) in [6.07, 6.45) is 2.42. The lowest BCUT2D eigenvalue weighted by atomic mass is 9.88. The number of anilines is 1. The second-order valence-electron chi connectivity index (χ2n) is 5.96. The summed E-state index contributed by atoms with van der Waals surface area (Å²) in [7, 11) is -3.92. The molecule has 0 radical (unpaired) electrons.